The minimum atomic E-state index is -0.573. The fraction of sp³-hybridized carbons (Fsp3) is 0.0833. The van der Waals surface area contributed by atoms with Gasteiger partial charge in [-0.2, -0.15) is 0 Å². The first-order chi connectivity index (χ1) is 8.79. The monoisotopic (exact) mass is 244 g/mol. The summed E-state index contributed by atoms with van der Waals surface area (Å²) in [4.78, 5) is 6.63. The maximum absolute atomic E-state index is 13.5. The molecule has 0 N–H and O–H groups in total. The number of pyridine rings is 1. The average Bonchev–Trinajstić information content (AvgIpc) is 2.39. The molecule has 0 fully saturated rings. The fourth-order valence-corrected chi connectivity index (χ4v) is 1.36. The largest absolute Gasteiger partial charge is 0.484 e. The van der Waals surface area contributed by atoms with Crippen LogP contribution in [0.4, 0.5) is 10.1 Å². The highest BCUT2D eigenvalue weighted by atomic mass is 19.1. The number of azide groups is 1. The van der Waals surface area contributed by atoms with Gasteiger partial charge in [0.05, 0.1) is 5.69 Å². The van der Waals surface area contributed by atoms with Crippen molar-refractivity contribution in [3.05, 3.63) is 64.5 Å². The van der Waals surface area contributed by atoms with Gasteiger partial charge in [0.1, 0.15) is 6.61 Å². The van der Waals surface area contributed by atoms with E-state index in [0.717, 1.165) is 6.07 Å². The van der Waals surface area contributed by atoms with Gasteiger partial charge in [-0.25, -0.2) is 4.39 Å². The molecule has 0 atom stereocenters. The highest BCUT2D eigenvalue weighted by Crippen LogP contribution is 2.23. The van der Waals surface area contributed by atoms with Crippen LogP contribution < -0.4 is 4.74 Å². The molecule has 2 rings (SSSR count). The molecule has 6 heteroatoms. The van der Waals surface area contributed by atoms with Crippen LogP contribution in [0.5, 0.6) is 5.75 Å². The first kappa shape index (κ1) is 11.9. The van der Waals surface area contributed by atoms with Gasteiger partial charge in [0.15, 0.2) is 11.6 Å². The van der Waals surface area contributed by atoms with Crippen molar-refractivity contribution in [3.8, 4) is 5.75 Å². The summed E-state index contributed by atoms with van der Waals surface area (Å²) in [5.41, 5.74) is 9.14. The topological polar surface area (TPSA) is 70.9 Å². The molecular formula is C12H9FN4O. The van der Waals surface area contributed by atoms with Crippen molar-refractivity contribution >= 4 is 5.69 Å². The molecule has 0 radical (unpaired) electrons. The molecule has 0 spiro atoms. The number of rotatable bonds is 4. The molecule has 0 unspecified atom stereocenters. The number of benzene rings is 1. The van der Waals surface area contributed by atoms with E-state index in [1.807, 2.05) is 6.07 Å². The summed E-state index contributed by atoms with van der Waals surface area (Å²) in [7, 11) is 0. The molecule has 5 nitrogen and oxygen atoms in total. The minimum Gasteiger partial charge on any atom is -0.484 e. The van der Waals surface area contributed by atoms with Gasteiger partial charge in [-0.15, -0.1) is 0 Å². The number of hydrogen-bond acceptors (Lipinski definition) is 3. The molecule has 1 aromatic carbocycles. The lowest BCUT2D eigenvalue weighted by molar-refractivity contribution is 0.286. The van der Waals surface area contributed by atoms with E-state index >= 15 is 0 Å². The lowest BCUT2D eigenvalue weighted by Gasteiger charge is -2.06. The molecule has 0 amide bonds. The van der Waals surface area contributed by atoms with Gasteiger partial charge in [0.2, 0.25) is 0 Å². The second-order valence-corrected chi connectivity index (χ2v) is 3.41. The molecule has 2 aromatic rings. The van der Waals surface area contributed by atoms with Crippen LogP contribution in [0, 0.1) is 5.82 Å². The summed E-state index contributed by atoms with van der Waals surface area (Å²) >= 11 is 0. The summed E-state index contributed by atoms with van der Waals surface area (Å²) in [6.07, 6.45) is 1.64. The molecule has 0 aliphatic carbocycles. The molecule has 0 saturated carbocycles. The molecule has 90 valence electrons. The number of hydrogen-bond donors (Lipinski definition) is 0. The van der Waals surface area contributed by atoms with Gasteiger partial charge in [0, 0.05) is 16.8 Å². The zero-order valence-electron chi connectivity index (χ0n) is 9.32. The SMILES string of the molecule is [N-]=[N+]=Nc1ccc(OCc2ccccn2)c(F)c1. The summed E-state index contributed by atoms with van der Waals surface area (Å²) in [6.45, 7) is 0.179. The number of nitrogens with zero attached hydrogens (tertiary/aromatic N) is 4. The van der Waals surface area contributed by atoms with Crippen molar-refractivity contribution in [2.75, 3.05) is 0 Å². The Kier molecular flexibility index (Phi) is 3.73. The molecule has 0 saturated heterocycles. The number of aromatic nitrogens is 1. The first-order valence-electron chi connectivity index (χ1n) is 5.17. The van der Waals surface area contributed by atoms with E-state index in [2.05, 4.69) is 15.0 Å². The maximum Gasteiger partial charge on any atom is 0.165 e. The Morgan fingerprint density at radius 3 is 2.89 bits per heavy atom. The highest BCUT2D eigenvalue weighted by Gasteiger charge is 2.04. The highest BCUT2D eigenvalue weighted by molar-refractivity contribution is 5.42. The van der Waals surface area contributed by atoms with Gasteiger partial charge in [-0.3, -0.25) is 4.98 Å². The van der Waals surface area contributed by atoms with Crippen molar-refractivity contribution < 1.29 is 9.13 Å². The molecule has 0 aliphatic rings. The third kappa shape index (κ3) is 2.96. The van der Waals surface area contributed by atoms with Gasteiger partial charge in [-0.1, -0.05) is 11.2 Å². The zero-order valence-corrected chi connectivity index (χ0v) is 9.32. The predicted octanol–water partition coefficient (Wildman–Crippen LogP) is 3.74. The quantitative estimate of drug-likeness (QED) is 0.467. The Bertz CT molecular complexity index is 582. The minimum absolute atomic E-state index is 0.0949. The van der Waals surface area contributed by atoms with Gasteiger partial charge in [0.25, 0.3) is 0 Å². The Labute approximate surface area is 102 Å². The first-order valence-corrected chi connectivity index (χ1v) is 5.17. The van der Waals surface area contributed by atoms with E-state index in [4.69, 9.17) is 10.3 Å². The fourth-order valence-electron chi connectivity index (χ4n) is 1.36. The van der Waals surface area contributed by atoms with Crippen molar-refractivity contribution in [1.29, 1.82) is 0 Å². The van der Waals surface area contributed by atoms with Gasteiger partial charge in [-0.05, 0) is 35.9 Å². The van der Waals surface area contributed by atoms with Crippen molar-refractivity contribution in [3.63, 3.8) is 0 Å². The lowest BCUT2D eigenvalue weighted by Crippen LogP contribution is -1.98. The molecule has 18 heavy (non-hydrogen) atoms. The van der Waals surface area contributed by atoms with Crippen LogP contribution in [-0.2, 0) is 6.61 Å². The van der Waals surface area contributed by atoms with Gasteiger partial charge >= 0.3 is 0 Å². The molecule has 0 aliphatic heterocycles. The van der Waals surface area contributed by atoms with Crippen LogP contribution >= 0.6 is 0 Å². The van der Waals surface area contributed by atoms with Gasteiger partial charge < -0.3 is 4.74 Å². The smallest absolute Gasteiger partial charge is 0.165 e. The van der Waals surface area contributed by atoms with Crippen LogP contribution in [0.3, 0.4) is 0 Å². The number of ether oxygens (including phenoxy) is 1. The Balaban J connectivity index is 2.08. The van der Waals surface area contributed by atoms with Crippen LogP contribution in [0.15, 0.2) is 47.7 Å². The van der Waals surface area contributed by atoms with E-state index < -0.39 is 5.82 Å². The summed E-state index contributed by atoms with van der Waals surface area (Å²) in [6, 6.07) is 9.42. The van der Waals surface area contributed by atoms with E-state index in [1.165, 1.54) is 12.1 Å². The second-order valence-electron chi connectivity index (χ2n) is 3.41. The van der Waals surface area contributed by atoms with Crippen molar-refractivity contribution in [2.45, 2.75) is 6.61 Å². The van der Waals surface area contributed by atoms with Crippen LogP contribution in [0.2, 0.25) is 0 Å². The molecular weight excluding hydrogens is 235 g/mol. The molecule has 0 bridgehead atoms. The Morgan fingerprint density at radius 2 is 2.22 bits per heavy atom. The third-order valence-corrected chi connectivity index (χ3v) is 2.18. The zero-order chi connectivity index (χ0) is 12.8. The van der Waals surface area contributed by atoms with Crippen LogP contribution in [0.1, 0.15) is 5.69 Å². The Morgan fingerprint density at radius 1 is 1.33 bits per heavy atom. The summed E-state index contributed by atoms with van der Waals surface area (Å²) in [5, 5.41) is 3.30. The van der Waals surface area contributed by atoms with Crippen LogP contribution in [-0.4, -0.2) is 4.98 Å². The van der Waals surface area contributed by atoms with E-state index in [0.29, 0.717) is 5.69 Å². The lowest BCUT2D eigenvalue weighted by atomic mass is 10.3. The maximum atomic E-state index is 13.5. The second kappa shape index (κ2) is 5.65. The molecule has 1 heterocycles. The summed E-state index contributed by atoms with van der Waals surface area (Å²) in [5.74, 6) is -0.478. The van der Waals surface area contributed by atoms with E-state index in [9.17, 15) is 4.39 Å². The van der Waals surface area contributed by atoms with E-state index in [-0.39, 0.29) is 18.0 Å². The third-order valence-electron chi connectivity index (χ3n) is 2.18. The predicted molar refractivity (Wildman–Crippen MR) is 63.8 cm³/mol. The standard InChI is InChI=1S/C12H9FN4O/c13-11-7-9(16-17-14)4-5-12(11)18-8-10-3-1-2-6-15-10/h1-7H,8H2. The number of halogens is 1. The molecule has 1 aromatic heterocycles. The Hall–Kier alpha value is -2.59. The summed E-state index contributed by atoms with van der Waals surface area (Å²) < 4.78 is 18.8. The van der Waals surface area contributed by atoms with Crippen molar-refractivity contribution in [2.24, 2.45) is 5.11 Å². The normalized spacial score (nSPS) is 9.61. The van der Waals surface area contributed by atoms with Crippen molar-refractivity contribution in [1.82, 2.24) is 4.98 Å². The average molecular weight is 244 g/mol. The van der Waals surface area contributed by atoms with E-state index in [1.54, 1.807) is 18.3 Å². The van der Waals surface area contributed by atoms with Crippen LogP contribution in [0.25, 0.3) is 10.4 Å².